The predicted molar refractivity (Wildman–Crippen MR) is 87.9 cm³/mol. The van der Waals surface area contributed by atoms with Crippen LogP contribution in [0.4, 0.5) is 0 Å². The van der Waals surface area contributed by atoms with Crippen molar-refractivity contribution in [2.75, 3.05) is 14.2 Å². The van der Waals surface area contributed by atoms with Gasteiger partial charge < -0.3 is 19.4 Å². The second-order valence-electron chi connectivity index (χ2n) is 6.63. The summed E-state index contributed by atoms with van der Waals surface area (Å²) < 4.78 is 11.2. The lowest BCUT2D eigenvalue weighted by atomic mass is 10.0. The zero-order valence-corrected chi connectivity index (χ0v) is 13.5. The molecule has 2 fully saturated rings. The number of aromatic nitrogens is 1. The Morgan fingerprint density at radius 3 is 2.61 bits per heavy atom. The van der Waals surface area contributed by atoms with E-state index in [1.165, 1.54) is 12.8 Å². The molecule has 2 aromatic rings. The second-order valence-corrected chi connectivity index (χ2v) is 6.63. The van der Waals surface area contributed by atoms with Gasteiger partial charge >= 0.3 is 5.97 Å². The van der Waals surface area contributed by atoms with Crippen molar-refractivity contribution in [1.29, 1.82) is 0 Å². The first-order valence-corrected chi connectivity index (χ1v) is 8.25. The molecule has 0 saturated carbocycles. The van der Waals surface area contributed by atoms with Crippen molar-refractivity contribution in [2.45, 2.75) is 43.9 Å². The van der Waals surface area contributed by atoms with E-state index in [1.54, 1.807) is 7.11 Å². The highest BCUT2D eigenvalue weighted by atomic mass is 16.5. The number of benzene rings is 1. The Bertz CT molecular complexity index is 725. The Morgan fingerprint density at radius 2 is 1.91 bits per heavy atom. The van der Waals surface area contributed by atoms with Crippen LogP contribution in [0, 0.1) is 0 Å². The highest BCUT2D eigenvalue weighted by Crippen LogP contribution is 2.36. The van der Waals surface area contributed by atoms with Crippen molar-refractivity contribution in [3.8, 4) is 5.88 Å². The van der Waals surface area contributed by atoms with Crippen LogP contribution in [0.1, 0.15) is 36.0 Å². The molecule has 5 heteroatoms. The SMILES string of the molecule is COc1[nH]c2ccccc2c1C(=O)OC1CC2CCC(C1)N2C. The van der Waals surface area contributed by atoms with E-state index < -0.39 is 0 Å². The fraction of sp³-hybridized carbons (Fsp3) is 0.500. The van der Waals surface area contributed by atoms with Crippen LogP contribution in [0.15, 0.2) is 24.3 Å². The van der Waals surface area contributed by atoms with Gasteiger partial charge in [-0.15, -0.1) is 0 Å². The van der Waals surface area contributed by atoms with E-state index in [1.807, 2.05) is 24.3 Å². The number of hydrogen-bond acceptors (Lipinski definition) is 4. The van der Waals surface area contributed by atoms with Gasteiger partial charge in [-0.05, 0) is 26.0 Å². The quantitative estimate of drug-likeness (QED) is 0.885. The fourth-order valence-electron chi connectivity index (χ4n) is 4.14. The molecule has 2 aliphatic heterocycles. The lowest BCUT2D eigenvalue weighted by Gasteiger charge is -2.35. The van der Waals surface area contributed by atoms with Crippen LogP contribution in [0.5, 0.6) is 5.88 Å². The highest BCUT2D eigenvalue weighted by molar-refractivity contribution is 6.06. The largest absolute Gasteiger partial charge is 0.482 e. The number of fused-ring (bicyclic) bond motifs is 3. The van der Waals surface area contributed by atoms with Crippen molar-refractivity contribution >= 4 is 16.9 Å². The minimum absolute atomic E-state index is 0.00886. The van der Waals surface area contributed by atoms with Crippen LogP contribution >= 0.6 is 0 Å². The predicted octanol–water partition coefficient (Wildman–Crippen LogP) is 2.96. The number of nitrogens with one attached hydrogen (secondary N) is 1. The zero-order valence-electron chi connectivity index (χ0n) is 13.5. The minimum atomic E-state index is -0.284. The number of rotatable bonds is 3. The molecule has 1 aromatic heterocycles. The Balaban J connectivity index is 1.58. The molecule has 2 unspecified atom stereocenters. The molecule has 2 bridgehead atoms. The molecule has 23 heavy (non-hydrogen) atoms. The number of carbonyl (C=O) groups excluding carboxylic acids is 1. The summed E-state index contributed by atoms with van der Waals surface area (Å²) in [6, 6.07) is 8.81. The summed E-state index contributed by atoms with van der Waals surface area (Å²) in [5.74, 6) is 0.195. The van der Waals surface area contributed by atoms with Crippen molar-refractivity contribution in [1.82, 2.24) is 9.88 Å². The molecule has 2 atom stereocenters. The number of aromatic amines is 1. The lowest BCUT2D eigenvalue weighted by molar-refractivity contribution is -0.000497. The Kier molecular flexibility index (Phi) is 3.53. The molecule has 4 rings (SSSR count). The number of nitrogens with zero attached hydrogens (tertiary/aromatic N) is 1. The Labute approximate surface area is 135 Å². The number of H-pyrrole nitrogens is 1. The van der Waals surface area contributed by atoms with E-state index >= 15 is 0 Å². The van der Waals surface area contributed by atoms with Gasteiger partial charge in [0.1, 0.15) is 11.7 Å². The molecule has 1 N–H and O–H groups in total. The van der Waals surface area contributed by atoms with Crippen molar-refractivity contribution in [2.24, 2.45) is 0 Å². The van der Waals surface area contributed by atoms with Gasteiger partial charge in [0.25, 0.3) is 0 Å². The maximum absolute atomic E-state index is 12.7. The highest BCUT2D eigenvalue weighted by Gasteiger charge is 2.40. The summed E-state index contributed by atoms with van der Waals surface area (Å²) in [5, 5.41) is 0.852. The standard InChI is InChI=1S/C18H22N2O3/c1-20-11-7-8-12(20)10-13(9-11)23-18(21)16-14-5-3-4-6-15(14)19-17(16)22-2/h3-6,11-13,19H,7-10H2,1-2H3. The molecule has 122 valence electrons. The summed E-state index contributed by atoms with van der Waals surface area (Å²) >= 11 is 0. The first-order chi connectivity index (χ1) is 11.2. The van der Waals surface area contributed by atoms with Gasteiger partial charge in [-0.2, -0.15) is 0 Å². The number of piperidine rings is 1. The van der Waals surface area contributed by atoms with Crippen molar-refractivity contribution in [3.63, 3.8) is 0 Å². The average Bonchev–Trinajstić information content (AvgIpc) is 3.01. The third-order valence-corrected chi connectivity index (χ3v) is 5.41. The van der Waals surface area contributed by atoms with E-state index in [2.05, 4.69) is 16.9 Å². The van der Waals surface area contributed by atoms with Gasteiger partial charge in [-0.1, -0.05) is 18.2 Å². The van der Waals surface area contributed by atoms with E-state index in [4.69, 9.17) is 9.47 Å². The number of carbonyl (C=O) groups is 1. The first kappa shape index (κ1) is 14.6. The average molecular weight is 314 g/mol. The van der Waals surface area contributed by atoms with Crippen LogP contribution in [0.3, 0.4) is 0 Å². The Morgan fingerprint density at radius 1 is 1.22 bits per heavy atom. The second kappa shape index (κ2) is 5.57. The topological polar surface area (TPSA) is 54.6 Å². The molecular formula is C18H22N2O3. The number of esters is 1. The molecule has 0 aliphatic carbocycles. The third-order valence-electron chi connectivity index (χ3n) is 5.41. The number of methoxy groups -OCH3 is 1. The van der Waals surface area contributed by atoms with Gasteiger partial charge in [-0.3, -0.25) is 0 Å². The number of hydrogen-bond donors (Lipinski definition) is 1. The van der Waals surface area contributed by atoms with Crippen LogP contribution in [0.2, 0.25) is 0 Å². The fourth-order valence-corrected chi connectivity index (χ4v) is 4.14. The molecule has 0 spiro atoms. The first-order valence-electron chi connectivity index (χ1n) is 8.25. The van der Waals surface area contributed by atoms with Crippen LogP contribution in [-0.4, -0.2) is 48.2 Å². The van der Waals surface area contributed by atoms with Gasteiger partial charge in [0.05, 0.1) is 7.11 Å². The molecule has 1 aromatic carbocycles. The summed E-state index contributed by atoms with van der Waals surface area (Å²) in [6.45, 7) is 0. The maximum Gasteiger partial charge on any atom is 0.344 e. The molecule has 3 heterocycles. The molecule has 0 radical (unpaired) electrons. The summed E-state index contributed by atoms with van der Waals surface area (Å²) in [7, 11) is 3.75. The lowest BCUT2D eigenvalue weighted by Crippen LogP contribution is -2.43. The van der Waals surface area contributed by atoms with E-state index in [-0.39, 0.29) is 12.1 Å². The number of ether oxygens (including phenoxy) is 2. The van der Waals surface area contributed by atoms with Gasteiger partial charge in [-0.25, -0.2) is 4.79 Å². The zero-order chi connectivity index (χ0) is 16.0. The minimum Gasteiger partial charge on any atom is -0.482 e. The van der Waals surface area contributed by atoms with E-state index in [0.717, 1.165) is 23.7 Å². The summed E-state index contributed by atoms with van der Waals surface area (Å²) in [6.07, 6.45) is 4.30. The van der Waals surface area contributed by atoms with E-state index in [9.17, 15) is 4.79 Å². The van der Waals surface area contributed by atoms with Crippen LogP contribution in [0.25, 0.3) is 10.9 Å². The molecular weight excluding hydrogens is 292 g/mol. The molecule has 5 nitrogen and oxygen atoms in total. The van der Waals surface area contributed by atoms with Gasteiger partial charge in [0.15, 0.2) is 0 Å². The van der Waals surface area contributed by atoms with Crippen molar-refractivity contribution in [3.05, 3.63) is 29.8 Å². The maximum atomic E-state index is 12.7. The van der Waals surface area contributed by atoms with Gasteiger partial charge in [0.2, 0.25) is 5.88 Å². The normalized spacial score (nSPS) is 27.3. The Hall–Kier alpha value is -2.01. The molecule has 2 saturated heterocycles. The van der Waals surface area contributed by atoms with E-state index in [0.29, 0.717) is 23.5 Å². The third kappa shape index (κ3) is 2.39. The monoisotopic (exact) mass is 314 g/mol. The smallest absolute Gasteiger partial charge is 0.344 e. The van der Waals surface area contributed by atoms with Crippen LogP contribution in [-0.2, 0) is 4.74 Å². The molecule has 2 aliphatic rings. The van der Waals surface area contributed by atoms with Crippen LogP contribution < -0.4 is 4.74 Å². The summed E-state index contributed by atoms with van der Waals surface area (Å²) in [5.41, 5.74) is 1.40. The van der Waals surface area contributed by atoms with Gasteiger partial charge in [0, 0.05) is 35.8 Å². The van der Waals surface area contributed by atoms with Crippen molar-refractivity contribution < 1.29 is 14.3 Å². The summed E-state index contributed by atoms with van der Waals surface area (Å²) in [4.78, 5) is 18.3. The number of para-hydroxylation sites is 1. The molecule has 0 amide bonds.